The number of aromatic nitrogens is 1. The fourth-order valence-electron chi connectivity index (χ4n) is 3.85. The lowest BCUT2D eigenvalue weighted by Gasteiger charge is -2.25. The molecule has 0 saturated heterocycles. The van der Waals surface area contributed by atoms with E-state index in [2.05, 4.69) is 55.3 Å². The van der Waals surface area contributed by atoms with E-state index in [4.69, 9.17) is 4.98 Å². The largest absolute Gasteiger partial charge is 0.384 e. The van der Waals surface area contributed by atoms with Crippen LogP contribution in [0.1, 0.15) is 30.1 Å². The first kappa shape index (κ1) is 25.6. The summed E-state index contributed by atoms with van der Waals surface area (Å²) in [7, 11) is 13.0. The number of thiazole rings is 1. The number of benzene rings is 3. The normalized spacial score (nSPS) is 11.1. The number of amides is 1. The van der Waals surface area contributed by atoms with Crippen LogP contribution in [-0.2, 0) is 0 Å². The summed E-state index contributed by atoms with van der Waals surface area (Å²) in [5.74, 6) is -0.0592. The quantitative estimate of drug-likeness (QED) is 0.277. The van der Waals surface area contributed by atoms with Gasteiger partial charge in [-0.3, -0.25) is 4.79 Å². The minimum absolute atomic E-state index is 0.0592. The van der Waals surface area contributed by atoms with Crippen LogP contribution in [0.4, 0.5) is 11.4 Å². The molecular formula is C25H29N3OP4S. The zero-order valence-electron chi connectivity index (χ0n) is 19.3. The number of hydrogen-bond donors (Lipinski definition) is 1. The molecule has 1 N–H and O–H groups in total. The zero-order chi connectivity index (χ0) is 24.4. The molecule has 0 radical (unpaired) electrons. The number of anilines is 2. The highest BCUT2D eigenvalue weighted by atomic mass is 32.1. The van der Waals surface area contributed by atoms with Gasteiger partial charge < -0.3 is 10.2 Å². The Hall–Kier alpha value is -1.46. The van der Waals surface area contributed by atoms with Gasteiger partial charge in [0.2, 0.25) is 0 Å². The second-order valence-electron chi connectivity index (χ2n) is 8.05. The highest BCUT2D eigenvalue weighted by Gasteiger charge is 2.25. The molecule has 9 heteroatoms. The van der Waals surface area contributed by atoms with Gasteiger partial charge in [-0.05, 0) is 41.3 Å². The summed E-state index contributed by atoms with van der Waals surface area (Å²) in [5, 5.41) is 8.19. The number of hydrogen-bond acceptors (Lipinski definition) is 4. The molecule has 4 nitrogen and oxygen atoms in total. The molecule has 0 fully saturated rings. The first-order valence-corrected chi connectivity index (χ1v) is 14.2. The molecule has 4 aromatic rings. The third kappa shape index (κ3) is 4.93. The van der Waals surface area contributed by atoms with E-state index < -0.39 is 0 Å². The lowest BCUT2D eigenvalue weighted by atomic mass is 10.1. The molecule has 0 aliphatic rings. The molecule has 0 spiro atoms. The minimum Gasteiger partial charge on any atom is -0.384 e. The molecule has 0 aliphatic heterocycles. The lowest BCUT2D eigenvalue weighted by Crippen LogP contribution is -2.41. The maximum absolute atomic E-state index is 13.9. The maximum atomic E-state index is 13.9. The van der Waals surface area contributed by atoms with Crippen LogP contribution in [0.3, 0.4) is 0 Å². The van der Waals surface area contributed by atoms with E-state index in [0.717, 1.165) is 72.8 Å². The van der Waals surface area contributed by atoms with Crippen LogP contribution < -0.4 is 31.4 Å². The number of carbonyl (C=O) groups is 1. The van der Waals surface area contributed by atoms with Gasteiger partial charge in [-0.15, -0.1) is 48.3 Å². The van der Waals surface area contributed by atoms with Crippen molar-refractivity contribution in [2.24, 2.45) is 0 Å². The van der Waals surface area contributed by atoms with Crippen molar-refractivity contribution in [3.63, 3.8) is 0 Å². The highest BCUT2D eigenvalue weighted by Crippen LogP contribution is 2.36. The van der Waals surface area contributed by atoms with Crippen LogP contribution in [-0.4, -0.2) is 24.5 Å². The van der Waals surface area contributed by atoms with Gasteiger partial charge in [0, 0.05) is 35.5 Å². The number of nitrogens with zero attached hydrogens (tertiary/aromatic N) is 2. The van der Waals surface area contributed by atoms with Crippen LogP contribution in [0.15, 0.2) is 48.5 Å². The van der Waals surface area contributed by atoms with Gasteiger partial charge in [0.1, 0.15) is 5.01 Å². The number of rotatable bonds is 7. The standard InChI is InChI=1S/C25H29N3OP4S/c1-3-4-13-26-19-22(32)20(30)18(21(31)23(19)33)25(29)28(2)16-11-7-5-9-14(16)24-27-15-10-6-8-12-17(15)34-24/h5-12,26H,3-4,13,30-33H2,1-2H3. The molecule has 4 unspecified atom stereocenters. The number of nitrogens with one attached hydrogen (secondary N) is 1. The van der Waals surface area contributed by atoms with Gasteiger partial charge >= 0.3 is 0 Å². The van der Waals surface area contributed by atoms with Crippen molar-refractivity contribution in [1.29, 1.82) is 0 Å². The summed E-state index contributed by atoms with van der Waals surface area (Å²) < 4.78 is 1.13. The van der Waals surface area contributed by atoms with Crippen molar-refractivity contribution < 1.29 is 4.79 Å². The van der Waals surface area contributed by atoms with Crippen LogP contribution in [0.5, 0.6) is 0 Å². The van der Waals surface area contributed by atoms with Crippen molar-refractivity contribution >= 4 is 97.0 Å². The van der Waals surface area contributed by atoms with Crippen LogP contribution in [0.2, 0.25) is 0 Å². The van der Waals surface area contributed by atoms with E-state index >= 15 is 0 Å². The van der Waals surface area contributed by atoms with Gasteiger partial charge in [0.25, 0.3) is 5.91 Å². The highest BCUT2D eigenvalue weighted by molar-refractivity contribution is 7.40. The van der Waals surface area contributed by atoms with Crippen molar-refractivity contribution in [2.45, 2.75) is 19.8 Å². The topological polar surface area (TPSA) is 45.2 Å². The Labute approximate surface area is 214 Å². The molecule has 3 aromatic carbocycles. The van der Waals surface area contributed by atoms with Crippen molar-refractivity contribution in [1.82, 2.24) is 4.98 Å². The minimum atomic E-state index is -0.0592. The van der Waals surface area contributed by atoms with E-state index in [1.165, 1.54) is 0 Å². The van der Waals surface area contributed by atoms with Gasteiger partial charge in [0.15, 0.2) is 0 Å². The summed E-state index contributed by atoms with van der Waals surface area (Å²) in [5.41, 5.74) is 4.48. The Morgan fingerprint density at radius 2 is 1.62 bits per heavy atom. The zero-order valence-corrected chi connectivity index (χ0v) is 24.7. The predicted octanol–water partition coefficient (Wildman–Crippen LogP) is 4.45. The first-order valence-electron chi connectivity index (χ1n) is 11.1. The maximum Gasteiger partial charge on any atom is 0.259 e. The van der Waals surface area contributed by atoms with E-state index in [1.54, 1.807) is 16.2 Å². The third-order valence-electron chi connectivity index (χ3n) is 5.80. The van der Waals surface area contributed by atoms with E-state index in [0.29, 0.717) is 5.56 Å². The Morgan fingerprint density at radius 1 is 0.971 bits per heavy atom. The first-order chi connectivity index (χ1) is 16.3. The Morgan fingerprint density at radius 3 is 2.29 bits per heavy atom. The smallest absolute Gasteiger partial charge is 0.259 e. The summed E-state index contributed by atoms with van der Waals surface area (Å²) in [6.45, 7) is 3.08. The van der Waals surface area contributed by atoms with Gasteiger partial charge in [-0.1, -0.05) is 37.6 Å². The molecule has 1 amide bonds. The summed E-state index contributed by atoms with van der Waals surface area (Å²) in [6.07, 6.45) is 2.22. The average Bonchev–Trinajstić information content (AvgIpc) is 3.29. The molecular weight excluding hydrogens is 514 g/mol. The molecule has 0 aliphatic carbocycles. The molecule has 4 atom stereocenters. The fraction of sp³-hybridized carbons (Fsp3) is 0.200. The second kappa shape index (κ2) is 11.1. The van der Waals surface area contributed by atoms with Crippen molar-refractivity contribution in [3.8, 4) is 10.6 Å². The SMILES string of the molecule is CCCCNc1c(P)c(P)c(C(=O)N(C)c2ccccc2-c2nc3ccccc3s2)c(P)c1P. The molecule has 1 heterocycles. The Kier molecular flexibility index (Phi) is 8.35. The molecule has 4 rings (SSSR count). The third-order valence-corrected chi connectivity index (χ3v) is 9.93. The molecule has 0 saturated carbocycles. The number of carbonyl (C=O) groups excluding carboxylic acids is 1. The van der Waals surface area contributed by atoms with Gasteiger partial charge in [-0.25, -0.2) is 4.98 Å². The fourth-order valence-corrected chi connectivity index (χ4v) is 6.83. The lowest BCUT2D eigenvalue weighted by molar-refractivity contribution is 0.0995. The van der Waals surface area contributed by atoms with Crippen LogP contribution >= 0.6 is 48.3 Å². The monoisotopic (exact) mass is 543 g/mol. The number of para-hydroxylation sites is 2. The Balaban J connectivity index is 1.74. The summed E-state index contributed by atoms with van der Waals surface area (Å²) >= 11 is 1.64. The van der Waals surface area contributed by atoms with E-state index in [9.17, 15) is 4.79 Å². The summed E-state index contributed by atoms with van der Waals surface area (Å²) in [6, 6.07) is 16.1. The molecule has 0 bridgehead atoms. The van der Waals surface area contributed by atoms with Crippen molar-refractivity contribution in [3.05, 3.63) is 54.1 Å². The molecule has 176 valence electrons. The van der Waals surface area contributed by atoms with Crippen LogP contribution in [0.25, 0.3) is 20.8 Å². The van der Waals surface area contributed by atoms with Gasteiger partial charge in [0.05, 0.1) is 21.5 Å². The molecule has 34 heavy (non-hydrogen) atoms. The predicted molar refractivity (Wildman–Crippen MR) is 165 cm³/mol. The van der Waals surface area contributed by atoms with Crippen LogP contribution in [0, 0.1) is 0 Å². The van der Waals surface area contributed by atoms with E-state index in [-0.39, 0.29) is 5.91 Å². The van der Waals surface area contributed by atoms with E-state index in [1.807, 2.05) is 49.5 Å². The Bertz CT molecular complexity index is 1310. The average molecular weight is 543 g/mol. The second-order valence-corrected chi connectivity index (χ2v) is 11.4. The van der Waals surface area contributed by atoms with Gasteiger partial charge in [-0.2, -0.15) is 0 Å². The molecule has 1 aromatic heterocycles. The number of fused-ring (bicyclic) bond motifs is 1. The number of unbranched alkanes of at least 4 members (excludes halogenated alkanes) is 1. The summed E-state index contributed by atoms with van der Waals surface area (Å²) in [4.78, 5) is 20.4. The van der Waals surface area contributed by atoms with Crippen molar-refractivity contribution in [2.75, 3.05) is 23.8 Å².